The van der Waals surface area contributed by atoms with E-state index in [2.05, 4.69) is 5.32 Å². The Morgan fingerprint density at radius 2 is 2.18 bits per heavy atom. The Bertz CT molecular complexity index is 414. The lowest BCUT2D eigenvalue weighted by atomic mass is 10.0. The number of aliphatic hydroxyl groups is 2. The molecule has 1 aromatic rings. The molecule has 1 aromatic carbocycles. The predicted molar refractivity (Wildman–Crippen MR) is 61.1 cm³/mol. The summed E-state index contributed by atoms with van der Waals surface area (Å²) in [6.07, 6.45) is -2.70. The number of carbonyl (C=O) groups excluding carboxylic acids is 1. The van der Waals surface area contributed by atoms with Gasteiger partial charge in [-0.15, -0.1) is 0 Å². The van der Waals surface area contributed by atoms with Crippen molar-refractivity contribution in [1.82, 2.24) is 5.32 Å². The molecule has 0 aromatic heterocycles. The Hall–Kier alpha value is -1.17. The Morgan fingerprint density at radius 1 is 1.53 bits per heavy atom. The van der Waals surface area contributed by atoms with Gasteiger partial charge in [-0.2, -0.15) is 0 Å². The van der Waals surface area contributed by atoms with Crippen molar-refractivity contribution in [2.75, 3.05) is 6.54 Å². The molecule has 2 unspecified atom stereocenters. The number of hydrogen-bond acceptors (Lipinski definition) is 3. The Morgan fingerprint density at radius 3 is 2.71 bits per heavy atom. The third kappa shape index (κ3) is 3.96. The lowest BCUT2D eigenvalue weighted by Gasteiger charge is -2.18. The van der Waals surface area contributed by atoms with Crippen LogP contribution in [0.15, 0.2) is 18.2 Å². The topological polar surface area (TPSA) is 69.6 Å². The van der Waals surface area contributed by atoms with Crippen LogP contribution in [0.4, 0.5) is 4.39 Å². The van der Waals surface area contributed by atoms with Crippen LogP contribution in [0.5, 0.6) is 0 Å². The maximum Gasteiger partial charge on any atom is 0.216 e. The minimum Gasteiger partial charge on any atom is -0.388 e. The van der Waals surface area contributed by atoms with E-state index < -0.39 is 18.0 Å². The van der Waals surface area contributed by atoms with Crippen LogP contribution < -0.4 is 5.32 Å². The number of carbonyl (C=O) groups is 1. The third-order valence-electron chi connectivity index (χ3n) is 2.21. The van der Waals surface area contributed by atoms with Crippen molar-refractivity contribution in [2.24, 2.45) is 0 Å². The molecular formula is C11H13ClFNO3. The van der Waals surface area contributed by atoms with E-state index >= 15 is 0 Å². The van der Waals surface area contributed by atoms with E-state index in [1.54, 1.807) is 0 Å². The first-order valence-corrected chi connectivity index (χ1v) is 5.35. The van der Waals surface area contributed by atoms with E-state index in [0.29, 0.717) is 0 Å². The number of benzene rings is 1. The SMILES string of the molecule is CC(=O)NCC(O)C(O)c1ccc(Cl)cc1F. The third-order valence-corrected chi connectivity index (χ3v) is 2.44. The fraction of sp³-hybridized carbons (Fsp3) is 0.364. The van der Waals surface area contributed by atoms with Gasteiger partial charge < -0.3 is 15.5 Å². The van der Waals surface area contributed by atoms with E-state index in [9.17, 15) is 19.4 Å². The highest BCUT2D eigenvalue weighted by molar-refractivity contribution is 6.30. The van der Waals surface area contributed by atoms with Crippen LogP contribution in [0.2, 0.25) is 5.02 Å². The van der Waals surface area contributed by atoms with Gasteiger partial charge in [-0.05, 0) is 12.1 Å². The van der Waals surface area contributed by atoms with Crippen LogP contribution in [0.3, 0.4) is 0 Å². The number of aliphatic hydroxyl groups excluding tert-OH is 2. The quantitative estimate of drug-likeness (QED) is 0.758. The van der Waals surface area contributed by atoms with Gasteiger partial charge in [-0.25, -0.2) is 4.39 Å². The predicted octanol–water partition coefficient (Wildman–Crippen LogP) is 1.01. The molecule has 4 nitrogen and oxygen atoms in total. The van der Waals surface area contributed by atoms with Gasteiger partial charge in [-0.1, -0.05) is 17.7 Å². The van der Waals surface area contributed by atoms with E-state index in [1.807, 2.05) is 0 Å². The fourth-order valence-corrected chi connectivity index (χ4v) is 1.47. The van der Waals surface area contributed by atoms with Crippen LogP contribution in [-0.4, -0.2) is 28.8 Å². The van der Waals surface area contributed by atoms with Crippen LogP contribution >= 0.6 is 11.6 Å². The van der Waals surface area contributed by atoms with E-state index in [0.717, 1.165) is 6.07 Å². The number of nitrogens with one attached hydrogen (secondary N) is 1. The van der Waals surface area contributed by atoms with Gasteiger partial charge in [-0.3, -0.25) is 4.79 Å². The van der Waals surface area contributed by atoms with Gasteiger partial charge in [0, 0.05) is 24.1 Å². The Balaban J connectivity index is 2.74. The summed E-state index contributed by atoms with van der Waals surface area (Å²) in [4.78, 5) is 10.6. The second kappa shape index (κ2) is 5.95. The summed E-state index contributed by atoms with van der Waals surface area (Å²) >= 11 is 5.56. The fourth-order valence-electron chi connectivity index (χ4n) is 1.31. The molecule has 0 bridgehead atoms. The molecule has 0 spiro atoms. The number of rotatable bonds is 4. The van der Waals surface area contributed by atoms with Crippen LogP contribution in [0.1, 0.15) is 18.6 Å². The Labute approximate surface area is 103 Å². The summed E-state index contributed by atoms with van der Waals surface area (Å²) in [6, 6.07) is 3.75. The first kappa shape index (κ1) is 13.9. The largest absolute Gasteiger partial charge is 0.388 e. The average Bonchev–Trinajstić information content (AvgIpc) is 2.25. The molecule has 1 amide bonds. The van der Waals surface area contributed by atoms with E-state index in [-0.39, 0.29) is 23.0 Å². The highest BCUT2D eigenvalue weighted by atomic mass is 35.5. The van der Waals surface area contributed by atoms with Gasteiger partial charge in [0.1, 0.15) is 18.0 Å². The van der Waals surface area contributed by atoms with Crippen molar-refractivity contribution in [3.05, 3.63) is 34.6 Å². The molecule has 94 valence electrons. The smallest absolute Gasteiger partial charge is 0.216 e. The maximum absolute atomic E-state index is 13.4. The first-order chi connectivity index (χ1) is 7.91. The summed E-state index contributed by atoms with van der Waals surface area (Å²) in [5.41, 5.74) is -0.0627. The number of amides is 1. The minimum atomic E-state index is -1.42. The van der Waals surface area contributed by atoms with Gasteiger partial charge in [0.15, 0.2) is 0 Å². The highest BCUT2D eigenvalue weighted by Crippen LogP contribution is 2.22. The summed E-state index contributed by atoms with van der Waals surface area (Å²) in [5, 5.41) is 21.8. The van der Waals surface area contributed by atoms with Gasteiger partial charge in [0.2, 0.25) is 5.91 Å². The van der Waals surface area contributed by atoms with Gasteiger partial charge in [0.25, 0.3) is 0 Å². The molecular weight excluding hydrogens is 249 g/mol. The van der Waals surface area contributed by atoms with Crippen molar-refractivity contribution in [3.8, 4) is 0 Å². The summed E-state index contributed by atoms with van der Waals surface area (Å²) in [6.45, 7) is 1.13. The van der Waals surface area contributed by atoms with Crippen molar-refractivity contribution in [2.45, 2.75) is 19.1 Å². The van der Waals surface area contributed by atoms with Gasteiger partial charge >= 0.3 is 0 Å². The molecule has 3 N–H and O–H groups in total. The lowest BCUT2D eigenvalue weighted by molar-refractivity contribution is -0.119. The van der Waals surface area contributed by atoms with E-state index in [4.69, 9.17) is 11.6 Å². The number of hydrogen-bond donors (Lipinski definition) is 3. The molecule has 0 aliphatic heterocycles. The normalized spacial score (nSPS) is 14.2. The summed E-state index contributed by atoms with van der Waals surface area (Å²) in [7, 11) is 0. The van der Waals surface area contributed by atoms with E-state index in [1.165, 1.54) is 19.1 Å². The zero-order valence-electron chi connectivity index (χ0n) is 9.15. The zero-order chi connectivity index (χ0) is 13.0. The molecule has 1 rings (SSSR count). The second-order valence-electron chi connectivity index (χ2n) is 3.62. The zero-order valence-corrected chi connectivity index (χ0v) is 9.91. The maximum atomic E-state index is 13.4. The molecule has 2 atom stereocenters. The van der Waals surface area contributed by atoms with Gasteiger partial charge in [0.05, 0.1) is 0 Å². The monoisotopic (exact) mass is 261 g/mol. The molecule has 0 saturated heterocycles. The summed E-state index contributed by atoms with van der Waals surface area (Å²) < 4.78 is 13.4. The molecule has 6 heteroatoms. The number of halogens is 2. The minimum absolute atomic E-state index is 0.0627. The molecule has 0 heterocycles. The Kier molecular flexibility index (Phi) is 4.86. The van der Waals surface area contributed by atoms with Crippen LogP contribution in [0.25, 0.3) is 0 Å². The molecule has 17 heavy (non-hydrogen) atoms. The lowest BCUT2D eigenvalue weighted by Crippen LogP contribution is -2.34. The van der Waals surface area contributed by atoms with Crippen molar-refractivity contribution < 1.29 is 19.4 Å². The van der Waals surface area contributed by atoms with Crippen LogP contribution in [-0.2, 0) is 4.79 Å². The molecule has 0 fully saturated rings. The van der Waals surface area contributed by atoms with Crippen molar-refractivity contribution >= 4 is 17.5 Å². The van der Waals surface area contributed by atoms with Crippen molar-refractivity contribution in [3.63, 3.8) is 0 Å². The molecule has 0 radical (unpaired) electrons. The van der Waals surface area contributed by atoms with Crippen molar-refractivity contribution in [1.29, 1.82) is 0 Å². The standard InChI is InChI=1S/C11H13ClFNO3/c1-6(15)14-5-10(16)11(17)8-3-2-7(12)4-9(8)13/h2-4,10-11,16-17H,5H2,1H3,(H,14,15). The summed E-state index contributed by atoms with van der Waals surface area (Å²) in [5.74, 6) is -1.04. The molecule has 0 saturated carbocycles. The highest BCUT2D eigenvalue weighted by Gasteiger charge is 2.21. The molecule has 0 aliphatic carbocycles. The molecule has 0 aliphatic rings. The average molecular weight is 262 g/mol. The van der Waals surface area contributed by atoms with Crippen LogP contribution in [0, 0.1) is 5.82 Å². The first-order valence-electron chi connectivity index (χ1n) is 4.97. The second-order valence-corrected chi connectivity index (χ2v) is 4.05.